The van der Waals surface area contributed by atoms with E-state index in [1.165, 1.54) is 0 Å². The monoisotopic (exact) mass is 263 g/mol. The second-order valence-electron chi connectivity index (χ2n) is 5.34. The van der Waals surface area contributed by atoms with Crippen LogP contribution in [0.1, 0.15) is 25.8 Å². The quantitative estimate of drug-likeness (QED) is 0.871. The molecule has 1 aliphatic rings. The van der Waals surface area contributed by atoms with Crippen molar-refractivity contribution in [3.63, 3.8) is 0 Å². The SMILES string of the molecule is CC(C)(COc1ccc2c(c1)CCC(=O)N2)C(=O)O. The van der Waals surface area contributed by atoms with Crippen molar-refractivity contribution in [2.45, 2.75) is 26.7 Å². The Bertz CT molecular complexity index is 522. The zero-order valence-electron chi connectivity index (χ0n) is 11.0. The summed E-state index contributed by atoms with van der Waals surface area (Å²) in [6.07, 6.45) is 1.15. The molecule has 2 rings (SSSR count). The number of aryl methyl sites for hydroxylation is 1. The lowest BCUT2D eigenvalue weighted by Gasteiger charge is -2.21. The molecule has 0 radical (unpaired) electrons. The van der Waals surface area contributed by atoms with Crippen molar-refractivity contribution in [3.8, 4) is 5.75 Å². The van der Waals surface area contributed by atoms with Crippen LogP contribution in [-0.2, 0) is 16.0 Å². The maximum atomic E-state index is 11.2. The summed E-state index contributed by atoms with van der Waals surface area (Å²) in [4.78, 5) is 22.2. The molecule has 5 nitrogen and oxygen atoms in total. The number of aliphatic carboxylic acids is 1. The third-order valence-corrected chi connectivity index (χ3v) is 3.15. The van der Waals surface area contributed by atoms with E-state index in [2.05, 4.69) is 5.32 Å². The van der Waals surface area contributed by atoms with Gasteiger partial charge in [0, 0.05) is 12.1 Å². The number of nitrogens with one attached hydrogen (secondary N) is 1. The van der Waals surface area contributed by atoms with E-state index in [0.717, 1.165) is 11.3 Å². The number of benzene rings is 1. The molecular formula is C14H17NO4. The van der Waals surface area contributed by atoms with Crippen LogP contribution in [-0.4, -0.2) is 23.6 Å². The molecule has 1 heterocycles. The van der Waals surface area contributed by atoms with Gasteiger partial charge in [-0.1, -0.05) is 0 Å². The highest BCUT2D eigenvalue weighted by atomic mass is 16.5. The summed E-state index contributed by atoms with van der Waals surface area (Å²) in [5.74, 6) is -0.241. The maximum Gasteiger partial charge on any atom is 0.312 e. The third kappa shape index (κ3) is 3.05. The van der Waals surface area contributed by atoms with Crippen LogP contribution in [0, 0.1) is 5.41 Å². The summed E-state index contributed by atoms with van der Waals surface area (Å²) in [5.41, 5.74) is 0.899. The lowest BCUT2D eigenvalue weighted by atomic mass is 9.95. The molecule has 0 spiro atoms. The van der Waals surface area contributed by atoms with Crippen LogP contribution in [0.15, 0.2) is 18.2 Å². The van der Waals surface area contributed by atoms with Crippen molar-refractivity contribution in [1.82, 2.24) is 0 Å². The van der Waals surface area contributed by atoms with E-state index in [1.54, 1.807) is 26.0 Å². The molecule has 102 valence electrons. The van der Waals surface area contributed by atoms with Crippen molar-refractivity contribution in [1.29, 1.82) is 0 Å². The number of carbonyl (C=O) groups is 2. The van der Waals surface area contributed by atoms with Crippen LogP contribution in [0.2, 0.25) is 0 Å². The Morgan fingerprint density at radius 1 is 1.42 bits per heavy atom. The highest BCUT2D eigenvalue weighted by Crippen LogP contribution is 2.27. The first-order valence-electron chi connectivity index (χ1n) is 6.17. The van der Waals surface area contributed by atoms with E-state index in [1.807, 2.05) is 6.07 Å². The number of carbonyl (C=O) groups excluding carboxylic acids is 1. The van der Waals surface area contributed by atoms with Gasteiger partial charge in [0.25, 0.3) is 0 Å². The summed E-state index contributed by atoms with van der Waals surface area (Å²) >= 11 is 0. The van der Waals surface area contributed by atoms with Gasteiger partial charge in [-0.3, -0.25) is 9.59 Å². The number of anilines is 1. The highest BCUT2D eigenvalue weighted by molar-refractivity contribution is 5.94. The second kappa shape index (κ2) is 4.91. The summed E-state index contributed by atoms with van der Waals surface area (Å²) < 4.78 is 5.53. The molecule has 1 aliphatic heterocycles. The molecule has 0 aliphatic carbocycles. The van der Waals surface area contributed by atoms with Gasteiger partial charge in [-0.15, -0.1) is 0 Å². The minimum atomic E-state index is -0.926. The minimum absolute atomic E-state index is 0.0215. The predicted octanol–water partition coefficient (Wildman–Crippen LogP) is 2.06. The Kier molecular flexibility index (Phi) is 3.46. The largest absolute Gasteiger partial charge is 0.492 e. The summed E-state index contributed by atoms with van der Waals surface area (Å²) in [5, 5.41) is 11.8. The van der Waals surface area contributed by atoms with Gasteiger partial charge in [-0.05, 0) is 44.0 Å². The van der Waals surface area contributed by atoms with Gasteiger partial charge in [-0.2, -0.15) is 0 Å². The van der Waals surface area contributed by atoms with E-state index >= 15 is 0 Å². The van der Waals surface area contributed by atoms with Gasteiger partial charge in [0.2, 0.25) is 5.91 Å². The first kappa shape index (κ1) is 13.4. The van der Waals surface area contributed by atoms with Crippen LogP contribution in [0.3, 0.4) is 0 Å². The van der Waals surface area contributed by atoms with Gasteiger partial charge >= 0.3 is 5.97 Å². The average molecular weight is 263 g/mol. The number of carboxylic acid groups (broad SMARTS) is 1. The first-order chi connectivity index (χ1) is 8.88. The Balaban J connectivity index is 2.07. The summed E-state index contributed by atoms with van der Waals surface area (Å²) in [6, 6.07) is 5.38. The van der Waals surface area contributed by atoms with E-state index in [-0.39, 0.29) is 12.5 Å². The normalized spacial score (nSPS) is 14.5. The van der Waals surface area contributed by atoms with E-state index in [0.29, 0.717) is 18.6 Å². The number of carboxylic acids is 1. The molecule has 1 amide bonds. The molecule has 0 bridgehead atoms. The van der Waals surface area contributed by atoms with Gasteiger partial charge < -0.3 is 15.2 Å². The molecule has 0 fully saturated rings. The van der Waals surface area contributed by atoms with E-state index in [9.17, 15) is 9.59 Å². The lowest BCUT2D eigenvalue weighted by Crippen LogP contribution is -2.30. The van der Waals surface area contributed by atoms with Crippen LogP contribution in [0.25, 0.3) is 0 Å². The Hall–Kier alpha value is -2.04. The van der Waals surface area contributed by atoms with E-state index < -0.39 is 11.4 Å². The van der Waals surface area contributed by atoms with Crippen LogP contribution < -0.4 is 10.1 Å². The van der Waals surface area contributed by atoms with Gasteiger partial charge in [-0.25, -0.2) is 0 Å². The lowest BCUT2D eigenvalue weighted by molar-refractivity contribution is -0.148. The van der Waals surface area contributed by atoms with Gasteiger partial charge in [0.05, 0.1) is 5.41 Å². The zero-order chi connectivity index (χ0) is 14.0. The molecule has 5 heteroatoms. The van der Waals surface area contributed by atoms with Crippen LogP contribution in [0.4, 0.5) is 5.69 Å². The molecule has 0 aromatic heterocycles. The molecule has 1 aromatic rings. The molecule has 19 heavy (non-hydrogen) atoms. The number of amides is 1. The summed E-state index contributed by atoms with van der Waals surface area (Å²) in [7, 11) is 0. The molecule has 0 atom stereocenters. The van der Waals surface area contributed by atoms with Crippen LogP contribution >= 0.6 is 0 Å². The highest BCUT2D eigenvalue weighted by Gasteiger charge is 2.28. The molecule has 1 aromatic carbocycles. The van der Waals surface area contributed by atoms with Crippen molar-refractivity contribution in [3.05, 3.63) is 23.8 Å². The number of ether oxygens (including phenoxy) is 1. The average Bonchev–Trinajstić information content (AvgIpc) is 2.36. The maximum absolute atomic E-state index is 11.2. The van der Waals surface area contributed by atoms with Crippen molar-refractivity contribution in [2.24, 2.45) is 5.41 Å². The van der Waals surface area contributed by atoms with Crippen molar-refractivity contribution < 1.29 is 19.4 Å². The molecular weight excluding hydrogens is 246 g/mol. The fourth-order valence-electron chi connectivity index (χ4n) is 1.78. The number of hydrogen-bond donors (Lipinski definition) is 2. The first-order valence-corrected chi connectivity index (χ1v) is 6.17. The second-order valence-corrected chi connectivity index (χ2v) is 5.34. The summed E-state index contributed by atoms with van der Waals surface area (Å²) in [6.45, 7) is 3.34. The van der Waals surface area contributed by atoms with Crippen LogP contribution in [0.5, 0.6) is 5.75 Å². The van der Waals surface area contributed by atoms with Gasteiger partial charge in [0.1, 0.15) is 12.4 Å². The smallest absolute Gasteiger partial charge is 0.312 e. The fraction of sp³-hybridized carbons (Fsp3) is 0.429. The number of fused-ring (bicyclic) bond motifs is 1. The fourth-order valence-corrected chi connectivity index (χ4v) is 1.78. The zero-order valence-corrected chi connectivity index (χ0v) is 11.0. The Morgan fingerprint density at radius 2 is 2.16 bits per heavy atom. The van der Waals surface area contributed by atoms with Gasteiger partial charge in [0.15, 0.2) is 0 Å². The molecule has 0 saturated carbocycles. The predicted molar refractivity (Wildman–Crippen MR) is 70.3 cm³/mol. The van der Waals surface area contributed by atoms with Crippen molar-refractivity contribution >= 4 is 17.6 Å². The minimum Gasteiger partial charge on any atom is -0.492 e. The van der Waals surface area contributed by atoms with Crippen molar-refractivity contribution in [2.75, 3.05) is 11.9 Å². The topological polar surface area (TPSA) is 75.6 Å². The standard InChI is InChI=1S/C14H17NO4/c1-14(2,13(17)18)8-19-10-4-5-11-9(7-10)3-6-12(16)15-11/h4-5,7H,3,6,8H2,1-2H3,(H,15,16)(H,17,18). The number of hydrogen-bond acceptors (Lipinski definition) is 3. The molecule has 2 N–H and O–H groups in total. The third-order valence-electron chi connectivity index (χ3n) is 3.15. The Morgan fingerprint density at radius 3 is 2.84 bits per heavy atom. The number of rotatable bonds is 4. The Labute approximate surface area is 111 Å². The molecule has 0 saturated heterocycles. The molecule has 0 unspecified atom stereocenters. The van der Waals surface area contributed by atoms with E-state index in [4.69, 9.17) is 9.84 Å².